The van der Waals surface area contributed by atoms with Crippen molar-refractivity contribution in [3.05, 3.63) is 47.0 Å². The van der Waals surface area contributed by atoms with E-state index in [1.165, 1.54) is 16.9 Å². The molecule has 1 amide bonds. The van der Waals surface area contributed by atoms with Gasteiger partial charge in [-0.25, -0.2) is 4.98 Å². The van der Waals surface area contributed by atoms with Crippen LogP contribution < -0.4 is 11.1 Å². The Morgan fingerprint density at radius 2 is 2.21 bits per heavy atom. The standard InChI is InChI=1S/C18H24N4OS/c19-18-21-15(13-24-18)8-4-10-20-17(23)16-9-5-11-22(16)12-14-6-2-1-3-7-14/h1-3,6-7,13,16H,4-5,8-12H2,(H2,19,21)(H,20,23). The van der Waals surface area contributed by atoms with Crippen LogP contribution in [0.4, 0.5) is 5.13 Å². The number of anilines is 1. The zero-order chi connectivity index (χ0) is 16.8. The minimum Gasteiger partial charge on any atom is -0.375 e. The summed E-state index contributed by atoms with van der Waals surface area (Å²) >= 11 is 1.46. The van der Waals surface area contributed by atoms with E-state index in [2.05, 4.69) is 27.3 Å². The number of hydrogen-bond donors (Lipinski definition) is 2. The van der Waals surface area contributed by atoms with Crippen LogP contribution in [-0.2, 0) is 17.8 Å². The molecule has 5 nitrogen and oxygen atoms in total. The van der Waals surface area contributed by atoms with Crippen LogP contribution in [0.5, 0.6) is 0 Å². The van der Waals surface area contributed by atoms with Crippen molar-refractivity contribution >= 4 is 22.4 Å². The topological polar surface area (TPSA) is 71.2 Å². The number of nitrogen functional groups attached to an aromatic ring is 1. The molecule has 128 valence electrons. The molecular weight excluding hydrogens is 320 g/mol. The maximum atomic E-state index is 12.5. The molecule has 1 aromatic carbocycles. The molecule has 0 aliphatic carbocycles. The number of nitrogens with zero attached hydrogens (tertiary/aromatic N) is 2. The number of carbonyl (C=O) groups excluding carboxylic acids is 1. The first-order chi connectivity index (χ1) is 11.7. The molecule has 6 heteroatoms. The lowest BCUT2D eigenvalue weighted by atomic mass is 10.1. The number of aromatic nitrogens is 1. The molecule has 1 unspecified atom stereocenters. The second kappa shape index (κ2) is 8.26. The van der Waals surface area contributed by atoms with E-state index in [1.807, 2.05) is 23.6 Å². The van der Waals surface area contributed by atoms with Gasteiger partial charge in [0, 0.05) is 18.5 Å². The van der Waals surface area contributed by atoms with Gasteiger partial charge in [0.1, 0.15) is 0 Å². The molecule has 0 radical (unpaired) electrons. The van der Waals surface area contributed by atoms with E-state index in [0.29, 0.717) is 11.7 Å². The van der Waals surface area contributed by atoms with Gasteiger partial charge >= 0.3 is 0 Å². The number of aryl methyl sites for hydroxylation is 1. The Morgan fingerprint density at radius 3 is 2.96 bits per heavy atom. The van der Waals surface area contributed by atoms with Gasteiger partial charge in [0.25, 0.3) is 0 Å². The zero-order valence-corrected chi connectivity index (χ0v) is 14.6. The minimum atomic E-state index is 0.000114. The molecule has 1 aromatic heterocycles. The summed E-state index contributed by atoms with van der Waals surface area (Å²) in [4.78, 5) is 19.0. The molecule has 0 spiro atoms. The van der Waals surface area contributed by atoms with Gasteiger partial charge in [-0.05, 0) is 37.8 Å². The number of hydrogen-bond acceptors (Lipinski definition) is 5. The maximum absolute atomic E-state index is 12.5. The molecule has 24 heavy (non-hydrogen) atoms. The first-order valence-corrected chi connectivity index (χ1v) is 9.36. The van der Waals surface area contributed by atoms with E-state index >= 15 is 0 Å². The Hall–Kier alpha value is -1.92. The normalized spacial score (nSPS) is 17.9. The summed E-state index contributed by atoms with van der Waals surface area (Å²) in [5, 5.41) is 5.67. The Kier molecular flexibility index (Phi) is 5.82. The first-order valence-electron chi connectivity index (χ1n) is 8.48. The fraction of sp³-hybridized carbons (Fsp3) is 0.444. The monoisotopic (exact) mass is 344 g/mol. The fourth-order valence-corrected chi connectivity index (χ4v) is 3.76. The zero-order valence-electron chi connectivity index (χ0n) is 13.8. The van der Waals surface area contributed by atoms with Crippen LogP contribution in [0.15, 0.2) is 35.7 Å². The third kappa shape index (κ3) is 4.55. The van der Waals surface area contributed by atoms with Crippen LogP contribution in [0.1, 0.15) is 30.5 Å². The number of rotatable bonds is 7. The van der Waals surface area contributed by atoms with Crippen LogP contribution in [0.25, 0.3) is 0 Å². The van der Waals surface area contributed by atoms with Crippen LogP contribution in [-0.4, -0.2) is 34.9 Å². The molecule has 1 aliphatic heterocycles. The number of carbonyl (C=O) groups is 1. The van der Waals surface area contributed by atoms with E-state index in [4.69, 9.17) is 5.73 Å². The molecule has 2 heterocycles. The van der Waals surface area contributed by atoms with E-state index < -0.39 is 0 Å². The number of thiazole rings is 1. The first kappa shape index (κ1) is 16.9. The Labute approximate surface area is 146 Å². The summed E-state index contributed by atoms with van der Waals surface area (Å²) in [6.45, 7) is 2.52. The summed E-state index contributed by atoms with van der Waals surface area (Å²) in [6.07, 6.45) is 3.77. The van der Waals surface area contributed by atoms with Gasteiger partial charge in [0.2, 0.25) is 5.91 Å². The van der Waals surface area contributed by atoms with Crippen molar-refractivity contribution in [1.82, 2.24) is 15.2 Å². The quantitative estimate of drug-likeness (QED) is 0.757. The van der Waals surface area contributed by atoms with Gasteiger partial charge in [-0.3, -0.25) is 9.69 Å². The molecule has 3 rings (SSSR count). The molecule has 1 aliphatic rings. The van der Waals surface area contributed by atoms with E-state index in [1.54, 1.807) is 0 Å². The largest absolute Gasteiger partial charge is 0.375 e. The van der Waals surface area contributed by atoms with Crippen molar-refractivity contribution in [2.24, 2.45) is 0 Å². The van der Waals surface area contributed by atoms with Crippen molar-refractivity contribution in [3.8, 4) is 0 Å². The van der Waals surface area contributed by atoms with Crippen molar-refractivity contribution in [1.29, 1.82) is 0 Å². The van der Waals surface area contributed by atoms with Crippen molar-refractivity contribution in [3.63, 3.8) is 0 Å². The molecule has 1 fully saturated rings. The molecule has 1 saturated heterocycles. The molecule has 2 aromatic rings. The third-order valence-electron chi connectivity index (χ3n) is 4.37. The predicted molar refractivity (Wildman–Crippen MR) is 97.7 cm³/mol. The Bertz CT molecular complexity index is 658. The van der Waals surface area contributed by atoms with Crippen molar-refractivity contribution in [2.45, 2.75) is 38.3 Å². The number of nitrogens with one attached hydrogen (secondary N) is 1. The van der Waals surface area contributed by atoms with Gasteiger partial charge in [-0.15, -0.1) is 11.3 Å². The summed E-state index contributed by atoms with van der Waals surface area (Å²) in [6, 6.07) is 10.4. The van der Waals surface area contributed by atoms with Crippen LogP contribution in [0.2, 0.25) is 0 Å². The molecule has 1 atom stereocenters. The molecule has 3 N–H and O–H groups in total. The van der Waals surface area contributed by atoms with Gasteiger partial charge in [0.05, 0.1) is 11.7 Å². The number of nitrogens with two attached hydrogens (primary N) is 1. The number of amides is 1. The second-order valence-electron chi connectivity index (χ2n) is 6.19. The summed E-state index contributed by atoms with van der Waals surface area (Å²) < 4.78 is 0. The predicted octanol–water partition coefficient (Wildman–Crippen LogP) is 2.44. The average molecular weight is 344 g/mol. The lowest BCUT2D eigenvalue weighted by Gasteiger charge is -2.23. The maximum Gasteiger partial charge on any atom is 0.237 e. The van der Waals surface area contributed by atoms with Crippen LogP contribution in [0, 0.1) is 0 Å². The van der Waals surface area contributed by atoms with Gasteiger partial charge in [-0.1, -0.05) is 30.3 Å². The molecular formula is C18H24N4OS. The smallest absolute Gasteiger partial charge is 0.237 e. The summed E-state index contributed by atoms with van der Waals surface area (Å²) in [5.74, 6) is 0.154. The van der Waals surface area contributed by atoms with Gasteiger partial charge in [0.15, 0.2) is 5.13 Å². The van der Waals surface area contributed by atoms with E-state index in [-0.39, 0.29) is 11.9 Å². The summed E-state index contributed by atoms with van der Waals surface area (Å²) in [7, 11) is 0. The highest BCUT2D eigenvalue weighted by Gasteiger charge is 2.30. The third-order valence-corrected chi connectivity index (χ3v) is 5.10. The average Bonchev–Trinajstić information content (AvgIpc) is 3.21. The SMILES string of the molecule is Nc1nc(CCCNC(=O)C2CCCN2Cc2ccccc2)cs1. The highest BCUT2D eigenvalue weighted by molar-refractivity contribution is 7.13. The van der Waals surface area contributed by atoms with Crippen molar-refractivity contribution < 1.29 is 4.79 Å². The van der Waals surface area contributed by atoms with Crippen molar-refractivity contribution in [2.75, 3.05) is 18.8 Å². The van der Waals surface area contributed by atoms with E-state index in [9.17, 15) is 4.79 Å². The number of benzene rings is 1. The van der Waals surface area contributed by atoms with Crippen LogP contribution in [0.3, 0.4) is 0 Å². The molecule has 0 bridgehead atoms. The highest BCUT2D eigenvalue weighted by atomic mass is 32.1. The second-order valence-corrected chi connectivity index (χ2v) is 7.08. The number of likely N-dealkylation sites (tertiary alicyclic amines) is 1. The van der Waals surface area contributed by atoms with E-state index in [0.717, 1.165) is 44.5 Å². The van der Waals surface area contributed by atoms with Gasteiger partial charge in [-0.2, -0.15) is 0 Å². The lowest BCUT2D eigenvalue weighted by Crippen LogP contribution is -2.43. The van der Waals surface area contributed by atoms with Crippen LogP contribution >= 0.6 is 11.3 Å². The minimum absolute atomic E-state index is 0.000114. The lowest BCUT2D eigenvalue weighted by molar-refractivity contribution is -0.125. The Morgan fingerprint density at radius 1 is 1.38 bits per heavy atom. The summed E-state index contributed by atoms with van der Waals surface area (Å²) in [5.41, 5.74) is 7.90. The van der Waals surface area contributed by atoms with Gasteiger partial charge < -0.3 is 11.1 Å². The Balaban J connectivity index is 1.43. The fourth-order valence-electron chi connectivity index (χ4n) is 3.17. The highest BCUT2D eigenvalue weighted by Crippen LogP contribution is 2.20. The molecule has 0 saturated carbocycles.